The Hall–Kier alpha value is -4.48. The molecule has 300 valence electrons. The summed E-state index contributed by atoms with van der Waals surface area (Å²) in [5.74, 6) is 2.22. The monoisotopic (exact) mass is 789 g/mol. The Bertz CT molecular complexity index is 1960. The molecule has 0 radical (unpaired) electrons. The fourth-order valence-electron chi connectivity index (χ4n) is 8.93. The van der Waals surface area contributed by atoms with Crippen LogP contribution in [0.15, 0.2) is 121 Å². The molecule has 2 aliphatic carbocycles. The third kappa shape index (κ3) is 9.31. The van der Waals surface area contributed by atoms with Crippen LogP contribution >= 0.6 is 11.8 Å². The van der Waals surface area contributed by atoms with E-state index >= 15 is 0 Å². The molecular weight excluding hydrogens is 735 g/mol. The summed E-state index contributed by atoms with van der Waals surface area (Å²) in [7, 11) is 0. The van der Waals surface area contributed by atoms with E-state index in [9.17, 15) is 10.2 Å². The van der Waals surface area contributed by atoms with Gasteiger partial charge in [0.2, 0.25) is 5.79 Å². The molecule has 3 aromatic carbocycles. The first-order chi connectivity index (χ1) is 28.1. The van der Waals surface area contributed by atoms with Crippen molar-refractivity contribution in [3.05, 3.63) is 127 Å². The van der Waals surface area contributed by atoms with Crippen molar-refractivity contribution < 1.29 is 29.3 Å². The molecule has 57 heavy (non-hydrogen) atoms. The highest BCUT2D eigenvalue weighted by Crippen LogP contribution is 2.62. The molecule has 2 heterocycles. The molecule has 10 heteroatoms. The van der Waals surface area contributed by atoms with Gasteiger partial charge >= 0.3 is 0 Å². The largest absolute Gasteiger partial charge is 0.460 e. The summed E-state index contributed by atoms with van der Waals surface area (Å²) in [6.07, 6.45) is 16.0. The number of ether oxygens (including phenoxy) is 3. The number of hydrogen-bond donors (Lipinski definition) is 2. The lowest BCUT2D eigenvalue weighted by Gasteiger charge is -2.58. The molecule has 3 aliphatic rings. The van der Waals surface area contributed by atoms with Gasteiger partial charge in [0, 0.05) is 56.1 Å². The van der Waals surface area contributed by atoms with Crippen LogP contribution in [0.5, 0.6) is 17.2 Å². The maximum absolute atomic E-state index is 9.92. The van der Waals surface area contributed by atoms with Gasteiger partial charge in [0.25, 0.3) is 0 Å². The van der Waals surface area contributed by atoms with Gasteiger partial charge in [-0.1, -0.05) is 72.6 Å². The number of aliphatic hydroxyl groups is 2. The van der Waals surface area contributed by atoms with Crippen LogP contribution in [0.2, 0.25) is 0 Å². The SMILES string of the molecule is C=CCO[C@@]12Oc3ccc(Oc4ccc(-c5ccccc5)cc4)cc3[C@H]3[C@H](CCCCO)[C@@H](CCCCO)C=C(C(=NOCC)C[C@@H]1SCCc1cnccn1)[C@H]32. The number of unbranched alkanes of at least 4 members (excludes halogenated alkanes) is 2. The normalized spacial score (nSPS) is 24.2. The van der Waals surface area contributed by atoms with Crippen molar-refractivity contribution in [3.8, 4) is 28.4 Å². The second-order valence-corrected chi connectivity index (χ2v) is 16.3. The number of aromatic nitrogens is 2. The second-order valence-electron chi connectivity index (χ2n) is 15.0. The first kappa shape index (κ1) is 40.7. The van der Waals surface area contributed by atoms with E-state index in [1.807, 2.05) is 67.3 Å². The molecule has 7 rings (SSSR count). The molecule has 6 atom stereocenters. The number of allylic oxidation sites excluding steroid dienone is 1. The van der Waals surface area contributed by atoms with Gasteiger partial charge in [-0.2, -0.15) is 11.8 Å². The highest BCUT2D eigenvalue weighted by molar-refractivity contribution is 8.00. The number of aliphatic hydroxyl groups excluding tert-OH is 2. The lowest BCUT2D eigenvalue weighted by molar-refractivity contribution is -0.223. The zero-order chi connectivity index (χ0) is 39.5. The predicted molar refractivity (Wildman–Crippen MR) is 227 cm³/mol. The highest BCUT2D eigenvalue weighted by Gasteiger charge is 2.64. The number of rotatable bonds is 20. The Morgan fingerprint density at radius 2 is 1.72 bits per heavy atom. The molecule has 0 spiro atoms. The van der Waals surface area contributed by atoms with Crippen LogP contribution in [0.1, 0.15) is 69.0 Å². The second kappa shape index (κ2) is 19.8. The minimum Gasteiger partial charge on any atom is -0.460 e. The van der Waals surface area contributed by atoms with Gasteiger partial charge in [0.1, 0.15) is 23.9 Å². The van der Waals surface area contributed by atoms with E-state index in [4.69, 9.17) is 24.2 Å². The topological polar surface area (TPSA) is 116 Å². The smallest absolute Gasteiger partial charge is 0.230 e. The van der Waals surface area contributed by atoms with Crippen molar-refractivity contribution in [2.75, 3.05) is 32.2 Å². The lowest BCUT2D eigenvalue weighted by atomic mass is 9.56. The first-order valence-corrected chi connectivity index (χ1v) is 21.5. The summed E-state index contributed by atoms with van der Waals surface area (Å²) < 4.78 is 21.0. The molecule has 0 amide bonds. The van der Waals surface area contributed by atoms with E-state index < -0.39 is 5.79 Å². The van der Waals surface area contributed by atoms with Crippen molar-refractivity contribution in [1.29, 1.82) is 0 Å². The van der Waals surface area contributed by atoms with E-state index in [-0.39, 0.29) is 42.1 Å². The first-order valence-electron chi connectivity index (χ1n) is 20.5. The minimum atomic E-state index is -1.03. The maximum Gasteiger partial charge on any atom is 0.230 e. The Morgan fingerprint density at radius 3 is 2.46 bits per heavy atom. The summed E-state index contributed by atoms with van der Waals surface area (Å²) >= 11 is 1.82. The van der Waals surface area contributed by atoms with Crippen molar-refractivity contribution in [1.82, 2.24) is 9.97 Å². The number of fused-ring (bicyclic) bond motifs is 2. The molecule has 9 nitrogen and oxygen atoms in total. The number of benzene rings is 3. The third-order valence-electron chi connectivity index (χ3n) is 11.4. The van der Waals surface area contributed by atoms with Crippen LogP contribution in [0.25, 0.3) is 11.1 Å². The fraction of sp³-hybridized carbons (Fsp3) is 0.426. The number of aryl methyl sites for hydroxylation is 1. The summed E-state index contributed by atoms with van der Waals surface area (Å²) in [5, 5.41) is 24.4. The van der Waals surface area contributed by atoms with Gasteiger partial charge in [-0.15, -0.1) is 6.58 Å². The molecule has 2 N–H and O–H groups in total. The average molecular weight is 790 g/mol. The van der Waals surface area contributed by atoms with Crippen LogP contribution < -0.4 is 9.47 Å². The number of nitrogens with zero attached hydrogens (tertiary/aromatic N) is 3. The molecule has 1 aliphatic heterocycles. The van der Waals surface area contributed by atoms with Crippen LogP contribution in [0.3, 0.4) is 0 Å². The molecule has 1 aromatic heterocycles. The summed E-state index contributed by atoms with van der Waals surface area (Å²) in [6.45, 7) is 7.11. The summed E-state index contributed by atoms with van der Waals surface area (Å²) in [6, 6.07) is 24.8. The molecule has 1 fully saturated rings. The Labute approximate surface area is 341 Å². The van der Waals surface area contributed by atoms with Gasteiger partial charge in [0.15, 0.2) is 0 Å². The van der Waals surface area contributed by atoms with E-state index in [1.165, 1.54) is 0 Å². The van der Waals surface area contributed by atoms with E-state index in [0.29, 0.717) is 19.6 Å². The lowest BCUT2D eigenvalue weighted by Crippen LogP contribution is -2.64. The average Bonchev–Trinajstić information content (AvgIpc) is 3.25. The molecule has 0 bridgehead atoms. The molecule has 1 saturated carbocycles. The summed E-state index contributed by atoms with van der Waals surface area (Å²) in [4.78, 5) is 14.7. The zero-order valence-corrected chi connectivity index (χ0v) is 33.7. The Morgan fingerprint density at radius 1 is 0.947 bits per heavy atom. The quantitative estimate of drug-likeness (QED) is 0.0513. The van der Waals surface area contributed by atoms with Gasteiger partial charge in [0.05, 0.1) is 29.2 Å². The van der Waals surface area contributed by atoms with Crippen LogP contribution in [-0.2, 0) is 16.0 Å². The van der Waals surface area contributed by atoms with Gasteiger partial charge in [-0.05, 0) is 97.2 Å². The number of thioether (sulfide) groups is 1. The van der Waals surface area contributed by atoms with Crippen molar-refractivity contribution in [2.24, 2.45) is 22.9 Å². The molecular formula is C47H55N3O6S. The van der Waals surface area contributed by atoms with E-state index in [0.717, 1.165) is 102 Å². The maximum atomic E-state index is 9.92. The predicted octanol–water partition coefficient (Wildman–Crippen LogP) is 9.57. The van der Waals surface area contributed by atoms with Gasteiger partial charge in [-0.25, -0.2) is 0 Å². The van der Waals surface area contributed by atoms with Crippen molar-refractivity contribution >= 4 is 17.5 Å². The number of hydrogen-bond acceptors (Lipinski definition) is 10. The third-order valence-corrected chi connectivity index (χ3v) is 12.8. The van der Waals surface area contributed by atoms with Crippen LogP contribution in [-0.4, -0.2) is 69.1 Å². The standard InChI is InChI=1S/C47H55N3O6S/c1-3-27-53-47-44(57-28-22-36-32-48-23-24-49-36)31-42(50-54-4-2)40-29-35(14-8-10-25-51)39(15-9-11-26-52)45(46(40)47)41-30-38(20-21-43(41)56-47)55-37-18-16-34(17-19-37)33-12-6-5-7-13-33/h3,5-7,12-13,16-21,23-24,29-30,32,35,39,44-46,51-52H,1,4,8-11,14-15,22,25-28,31H2,2H3/t35-,39+,44-,45+,46+,47+/m0/s1. The minimum absolute atomic E-state index is 0.0180. The molecule has 0 unspecified atom stereocenters. The Balaban J connectivity index is 1.32. The van der Waals surface area contributed by atoms with Crippen LogP contribution in [0, 0.1) is 17.8 Å². The number of oxime groups is 1. The van der Waals surface area contributed by atoms with Crippen molar-refractivity contribution in [3.63, 3.8) is 0 Å². The zero-order valence-electron chi connectivity index (χ0n) is 32.9. The fourth-order valence-corrected chi connectivity index (χ4v) is 10.3. The molecule has 0 saturated heterocycles. The Kier molecular flexibility index (Phi) is 14.1. The highest BCUT2D eigenvalue weighted by atomic mass is 32.2. The van der Waals surface area contributed by atoms with Gasteiger partial charge < -0.3 is 29.3 Å². The van der Waals surface area contributed by atoms with Crippen LogP contribution in [0.4, 0.5) is 0 Å². The van der Waals surface area contributed by atoms with Gasteiger partial charge in [-0.3, -0.25) is 9.97 Å². The van der Waals surface area contributed by atoms with E-state index in [1.54, 1.807) is 18.5 Å². The molecule has 4 aromatic rings. The van der Waals surface area contributed by atoms with Crippen molar-refractivity contribution in [2.45, 2.75) is 75.2 Å². The van der Waals surface area contributed by atoms with E-state index in [2.05, 4.69) is 53.0 Å². The summed E-state index contributed by atoms with van der Waals surface area (Å²) in [5.41, 5.74) is 6.36.